The van der Waals surface area contributed by atoms with E-state index in [-0.39, 0.29) is 5.54 Å². The Labute approximate surface area is 103 Å². The summed E-state index contributed by atoms with van der Waals surface area (Å²) in [5.74, 6) is 0. The van der Waals surface area contributed by atoms with E-state index in [2.05, 4.69) is 55.3 Å². The van der Waals surface area contributed by atoms with Gasteiger partial charge in [0.05, 0.1) is 5.52 Å². The first-order valence-electron chi connectivity index (χ1n) is 6.06. The zero-order chi connectivity index (χ0) is 12.5. The fraction of sp³-hybridized carbons (Fsp3) is 0.400. The van der Waals surface area contributed by atoms with Crippen LogP contribution in [0.15, 0.2) is 30.3 Å². The molecule has 1 heterocycles. The summed E-state index contributed by atoms with van der Waals surface area (Å²) in [6.07, 6.45) is 1.01. The summed E-state index contributed by atoms with van der Waals surface area (Å²) in [6, 6.07) is 10.6. The number of hydrogen-bond acceptors (Lipinski definition) is 2. The van der Waals surface area contributed by atoms with Gasteiger partial charge in [-0.05, 0) is 51.9 Å². The van der Waals surface area contributed by atoms with Crippen LogP contribution >= 0.6 is 0 Å². The number of rotatable bonds is 3. The van der Waals surface area contributed by atoms with E-state index in [1.54, 1.807) is 0 Å². The van der Waals surface area contributed by atoms with E-state index in [0.29, 0.717) is 0 Å². The van der Waals surface area contributed by atoms with Crippen molar-refractivity contribution in [2.45, 2.75) is 32.7 Å². The Balaban J connectivity index is 2.53. The molecular weight excluding hydrogens is 208 g/mol. The summed E-state index contributed by atoms with van der Waals surface area (Å²) in [7, 11) is 2.01. The highest BCUT2D eigenvalue weighted by Gasteiger charge is 2.17. The number of fused-ring (bicyclic) bond motifs is 1. The van der Waals surface area contributed by atoms with E-state index in [1.165, 1.54) is 10.9 Å². The van der Waals surface area contributed by atoms with Gasteiger partial charge in [-0.3, -0.25) is 4.98 Å². The second-order valence-corrected chi connectivity index (χ2v) is 5.25. The molecule has 1 aromatic carbocycles. The molecule has 2 nitrogen and oxygen atoms in total. The molecule has 0 spiro atoms. The van der Waals surface area contributed by atoms with Crippen LogP contribution in [-0.2, 0) is 6.42 Å². The van der Waals surface area contributed by atoms with Crippen LogP contribution in [0.1, 0.15) is 25.1 Å². The molecule has 2 rings (SSSR count). The largest absolute Gasteiger partial charge is 0.314 e. The van der Waals surface area contributed by atoms with Gasteiger partial charge >= 0.3 is 0 Å². The molecule has 0 aliphatic rings. The zero-order valence-electron chi connectivity index (χ0n) is 11.0. The van der Waals surface area contributed by atoms with Gasteiger partial charge in [0.2, 0.25) is 0 Å². The molecule has 0 fully saturated rings. The van der Waals surface area contributed by atoms with E-state index in [9.17, 15) is 0 Å². The van der Waals surface area contributed by atoms with Gasteiger partial charge in [-0.1, -0.05) is 18.2 Å². The Morgan fingerprint density at radius 2 is 1.94 bits per heavy atom. The molecular formula is C15H20N2. The number of nitrogens with zero attached hydrogens (tertiary/aromatic N) is 1. The third-order valence-electron chi connectivity index (χ3n) is 3.24. The molecule has 0 saturated carbocycles. The number of aromatic nitrogens is 1. The minimum Gasteiger partial charge on any atom is -0.314 e. The number of likely N-dealkylation sites (N-methyl/N-ethyl adjacent to an activating group) is 1. The molecule has 0 aliphatic heterocycles. The molecule has 1 N–H and O–H groups in total. The third kappa shape index (κ3) is 2.64. The van der Waals surface area contributed by atoms with Crippen LogP contribution < -0.4 is 5.32 Å². The van der Waals surface area contributed by atoms with Gasteiger partial charge in [0.25, 0.3) is 0 Å². The number of nitrogens with one attached hydrogen (secondary N) is 1. The zero-order valence-corrected chi connectivity index (χ0v) is 11.0. The second-order valence-electron chi connectivity index (χ2n) is 5.25. The molecule has 0 atom stereocenters. The summed E-state index contributed by atoms with van der Waals surface area (Å²) < 4.78 is 0. The first-order valence-corrected chi connectivity index (χ1v) is 6.06. The highest BCUT2D eigenvalue weighted by atomic mass is 14.9. The second kappa shape index (κ2) is 4.46. The summed E-state index contributed by atoms with van der Waals surface area (Å²) in [4.78, 5) is 4.57. The molecule has 0 aliphatic carbocycles. The Bertz CT molecular complexity index is 529. The molecule has 0 unspecified atom stereocenters. The number of hydrogen-bond donors (Lipinski definition) is 1. The fourth-order valence-electron chi connectivity index (χ4n) is 2.11. The van der Waals surface area contributed by atoms with Gasteiger partial charge in [-0.25, -0.2) is 0 Å². The lowest BCUT2D eigenvalue weighted by Crippen LogP contribution is -2.38. The van der Waals surface area contributed by atoms with Crippen molar-refractivity contribution in [1.82, 2.24) is 10.3 Å². The summed E-state index contributed by atoms with van der Waals surface area (Å²) in [5.41, 5.74) is 3.66. The van der Waals surface area contributed by atoms with Crippen LogP contribution in [0.5, 0.6) is 0 Å². The Morgan fingerprint density at radius 1 is 1.24 bits per heavy atom. The van der Waals surface area contributed by atoms with Gasteiger partial charge in [0, 0.05) is 16.6 Å². The van der Waals surface area contributed by atoms with Gasteiger partial charge in [0.15, 0.2) is 0 Å². The molecule has 2 aromatic rings. The van der Waals surface area contributed by atoms with Gasteiger partial charge < -0.3 is 5.32 Å². The van der Waals surface area contributed by atoms with Crippen LogP contribution in [-0.4, -0.2) is 17.6 Å². The molecule has 1 aromatic heterocycles. The molecule has 0 radical (unpaired) electrons. The van der Waals surface area contributed by atoms with Crippen molar-refractivity contribution in [2.24, 2.45) is 0 Å². The van der Waals surface area contributed by atoms with Crippen molar-refractivity contribution in [1.29, 1.82) is 0 Å². The van der Waals surface area contributed by atoms with Gasteiger partial charge in [0.1, 0.15) is 0 Å². The van der Waals surface area contributed by atoms with Crippen LogP contribution in [0.2, 0.25) is 0 Å². The fourth-order valence-corrected chi connectivity index (χ4v) is 2.11. The maximum Gasteiger partial charge on any atom is 0.0707 e. The minimum atomic E-state index is 0.108. The standard InChI is InChI=1S/C15H20N2/c1-11-9-12(10-15(2,3)16-4)13-7-5-6-8-14(13)17-11/h5-9,16H,10H2,1-4H3. The lowest BCUT2D eigenvalue weighted by molar-refractivity contribution is 0.423. The average molecular weight is 228 g/mol. The minimum absolute atomic E-state index is 0.108. The Kier molecular flexibility index (Phi) is 3.16. The third-order valence-corrected chi connectivity index (χ3v) is 3.24. The van der Waals surface area contributed by atoms with Crippen molar-refractivity contribution in [3.8, 4) is 0 Å². The first kappa shape index (κ1) is 12.1. The first-order chi connectivity index (χ1) is 8.02. The Morgan fingerprint density at radius 3 is 2.65 bits per heavy atom. The molecule has 0 saturated heterocycles. The number of aryl methyl sites for hydroxylation is 1. The van der Waals surface area contributed by atoms with Crippen molar-refractivity contribution >= 4 is 10.9 Å². The van der Waals surface area contributed by atoms with E-state index >= 15 is 0 Å². The lowest BCUT2D eigenvalue weighted by Gasteiger charge is -2.25. The van der Waals surface area contributed by atoms with E-state index in [0.717, 1.165) is 17.6 Å². The predicted octanol–water partition coefficient (Wildman–Crippen LogP) is 3.08. The highest BCUT2D eigenvalue weighted by Crippen LogP contribution is 2.22. The van der Waals surface area contributed by atoms with Crippen molar-refractivity contribution in [3.05, 3.63) is 41.6 Å². The van der Waals surface area contributed by atoms with Crippen LogP contribution in [0.3, 0.4) is 0 Å². The highest BCUT2D eigenvalue weighted by molar-refractivity contribution is 5.82. The summed E-state index contributed by atoms with van der Waals surface area (Å²) in [5, 5.41) is 4.62. The maximum atomic E-state index is 4.57. The SMILES string of the molecule is CNC(C)(C)Cc1cc(C)nc2ccccc12. The van der Waals surface area contributed by atoms with E-state index < -0.39 is 0 Å². The topological polar surface area (TPSA) is 24.9 Å². The Hall–Kier alpha value is -1.41. The maximum absolute atomic E-state index is 4.57. The molecule has 90 valence electrons. The molecule has 17 heavy (non-hydrogen) atoms. The van der Waals surface area contributed by atoms with Crippen molar-refractivity contribution in [2.75, 3.05) is 7.05 Å². The number of para-hydroxylation sites is 1. The monoisotopic (exact) mass is 228 g/mol. The number of pyridine rings is 1. The van der Waals surface area contributed by atoms with Gasteiger partial charge in [-0.15, -0.1) is 0 Å². The normalized spacial score (nSPS) is 12.0. The van der Waals surface area contributed by atoms with Crippen molar-refractivity contribution < 1.29 is 0 Å². The van der Waals surface area contributed by atoms with E-state index in [4.69, 9.17) is 0 Å². The van der Waals surface area contributed by atoms with E-state index in [1.807, 2.05) is 13.1 Å². The number of benzene rings is 1. The van der Waals surface area contributed by atoms with Crippen molar-refractivity contribution in [3.63, 3.8) is 0 Å². The van der Waals surface area contributed by atoms with Crippen LogP contribution in [0.25, 0.3) is 10.9 Å². The smallest absolute Gasteiger partial charge is 0.0707 e. The summed E-state index contributed by atoms with van der Waals surface area (Å²) >= 11 is 0. The lowest BCUT2D eigenvalue weighted by atomic mass is 9.92. The van der Waals surface area contributed by atoms with Crippen LogP contribution in [0.4, 0.5) is 0 Å². The summed E-state index contributed by atoms with van der Waals surface area (Å²) in [6.45, 7) is 6.50. The molecule has 0 amide bonds. The average Bonchev–Trinajstić information content (AvgIpc) is 2.28. The van der Waals surface area contributed by atoms with Crippen LogP contribution in [0, 0.1) is 6.92 Å². The molecule has 0 bridgehead atoms. The predicted molar refractivity (Wildman–Crippen MR) is 73.3 cm³/mol. The molecule has 2 heteroatoms. The van der Waals surface area contributed by atoms with Gasteiger partial charge in [-0.2, -0.15) is 0 Å². The quantitative estimate of drug-likeness (QED) is 0.873.